The maximum absolute atomic E-state index is 13.7. The number of benzene rings is 1. The normalized spacial score (nSPS) is 17.8. The minimum Gasteiger partial charge on any atom is -0.475 e. The Labute approximate surface area is 244 Å². The molecular weight excluding hydrogens is 588 g/mol. The van der Waals surface area contributed by atoms with Crippen molar-refractivity contribution >= 4 is 46.9 Å². The van der Waals surface area contributed by atoms with Gasteiger partial charge in [-0.05, 0) is 55.5 Å². The number of carboxylic acids is 1. The molecule has 2 atom stereocenters. The zero-order valence-electron chi connectivity index (χ0n) is 21.8. The average Bonchev–Trinajstić information content (AvgIpc) is 3.62. The predicted octanol–water partition coefficient (Wildman–Crippen LogP) is 4.41. The van der Waals surface area contributed by atoms with Crippen LogP contribution in [0, 0.1) is 0 Å². The Morgan fingerprint density at radius 1 is 1.05 bits per heavy atom. The summed E-state index contributed by atoms with van der Waals surface area (Å²) >= 11 is 12.0. The van der Waals surface area contributed by atoms with Gasteiger partial charge in [-0.15, -0.1) is 0 Å². The molecule has 2 aliphatic rings. The van der Waals surface area contributed by atoms with Gasteiger partial charge >= 0.3 is 12.1 Å². The number of aliphatic carboxylic acids is 1. The van der Waals surface area contributed by atoms with Crippen molar-refractivity contribution in [1.29, 1.82) is 0 Å². The number of nitrogens with one attached hydrogen (secondary N) is 2. The van der Waals surface area contributed by atoms with Crippen molar-refractivity contribution in [2.45, 2.75) is 69.2 Å². The molecule has 3 amide bonds. The van der Waals surface area contributed by atoms with E-state index in [4.69, 9.17) is 33.1 Å². The first-order chi connectivity index (χ1) is 19.4. The summed E-state index contributed by atoms with van der Waals surface area (Å²) in [5.41, 5.74) is 1.11. The predicted molar refractivity (Wildman–Crippen MR) is 144 cm³/mol. The van der Waals surface area contributed by atoms with Crippen LogP contribution in [0.15, 0.2) is 42.7 Å². The maximum atomic E-state index is 13.7. The third-order valence-electron chi connectivity index (χ3n) is 6.73. The fraction of sp³-hybridized carbons (Fsp3) is 0.444. The van der Waals surface area contributed by atoms with Gasteiger partial charge in [0.15, 0.2) is 0 Å². The molecule has 0 radical (unpaired) electrons. The first-order valence-corrected chi connectivity index (χ1v) is 13.7. The van der Waals surface area contributed by atoms with Crippen molar-refractivity contribution in [2.24, 2.45) is 0 Å². The lowest BCUT2D eigenvalue weighted by Gasteiger charge is -2.29. The lowest BCUT2D eigenvalue weighted by atomic mass is 10.0. The molecule has 41 heavy (non-hydrogen) atoms. The Bertz CT molecular complexity index is 1240. The average molecular weight is 617 g/mol. The molecule has 3 N–H and O–H groups in total. The standard InChI is InChI=1S/C25H28Cl2N4O3.C2HF3O2/c26-19-10-9-17(14-20(19)27)23(32)30-21(13-16-5-3-11-28-15-16)25(34)31-12-4-8-22(31)24(33)29-18-6-1-2-7-18;3-2(4,5)1(6)7/h3,5,9-11,14-15,18,21-22H,1-2,4,6-8,12-13H2,(H,29,33)(H,30,32);(H,6,7)/t21-,22-;/m0./s1. The Morgan fingerprint density at radius 2 is 1.73 bits per heavy atom. The molecule has 1 saturated heterocycles. The number of hydrogen-bond donors (Lipinski definition) is 3. The topological polar surface area (TPSA) is 129 Å². The Balaban J connectivity index is 0.000000587. The summed E-state index contributed by atoms with van der Waals surface area (Å²) in [4.78, 5) is 54.3. The van der Waals surface area contributed by atoms with Gasteiger partial charge < -0.3 is 20.6 Å². The first kappa shape index (κ1) is 32.1. The van der Waals surface area contributed by atoms with E-state index in [1.54, 1.807) is 35.5 Å². The molecular formula is C27H29Cl2F3N4O5. The van der Waals surface area contributed by atoms with Crippen LogP contribution in [-0.2, 0) is 20.8 Å². The van der Waals surface area contributed by atoms with E-state index in [1.807, 2.05) is 6.07 Å². The minimum atomic E-state index is -5.08. The van der Waals surface area contributed by atoms with Gasteiger partial charge in [0.1, 0.15) is 12.1 Å². The first-order valence-electron chi connectivity index (χ1n) is 12.9. The third-order valence-corrected chi connectivity index (χ3v) is 7.47. The maximum Gasteiger partial charge on any atom is 0.490 e. The number of aromatic nitrogens is 1. The van der Waals surface area contributed by atoms with E-state index >= 15 is 0 Å². The quantitative estimate of drug-likeness (QED) is 0.423. The van der Waals surface area contributed by atoms with E-state index < -0.39 is 30.1 Å². The molecule has 1 aliphatic heterocycles. The fourth-order valence-corrected chi connectivity index (χ4v) is 5.00. The molecule has 2 aromatic rings. The molecule has 2 fully saturated rings. The summed E-state index contributed by atoms with van der Waals surface area (Å²) < 4.78 is 31.7. The third kappa shape index (κ3) is 9.32. The number of nitrogens with zero attached hydrogens (tertiary/aromatic N) is 2. The summed E-state index contributed by atoms with van der Waals surface area (Å²) in [5.74, 6) is -3.57. The van der Waals surface area contributed by atoms with Crippen LogP contribution in [0.5, 0.6) is 0 Å². The van der Waals surface area contributed by atoms with Crippen molar-refractivity contribution in [3.8, 4) is 0 Å². The summed E-state index contributed by atoms with van der Waals surface area (Å²) in [6, 6.07) is 7.02. The van der Waals surface area contributed by atoms with E-state index in [-0.39, 0.29) is 29.3 Å². The molecule has 0 spiro atoms. The highest BCUT2D eigenvalue weighted by atomic mass is 35.5. The fourth-order valence-electron chi connectivity index (χ4n) is 4.70. The summed E-state index contributed by atoms with van der Waals surface area (Å²) in [6.45, 7) is 0.480. The van der Waals surface area contributed by atoms with Crippen molar-refractivity contribution in [1.82, 2.24) is 20.5 Å². The molecule has 14 heteroatoms. The van der Waals surface area contributed by atoms with Crippen LogP contribution in [0.1, 0.15) is 54.4 Å². The second-order valence-electron chi connectivity index (χ2n) is 9.70. The Kier molecular flexibility index (Phi) is 11.4. The second kappa shape index (κ2) is 14.5. The van der Waals surface area contributed by atoms with Gasteiger partial charge in [-0.1, -0.05) is 42.1 Å². The van der Waals surface area contributed by atoms with E-state index in [9.17, 15) is 27.6 Å². The summed E-state index contributed by atoms with van der Waals surface area (Å²) in [6.07, 6.45) is 4.05. The van der Waals surface area contributed by atoms with Crippen molar-refractivity contribution in [2.75, 3.05) is 6.54 Å². The monoisotopic (exact) mass is 616 g/mol. The van der Waals surface area contributed by atoms with Gasteiger partial charge in [-0.3, -0.25) is 19.4 Å². The van der Waals surface area contributed by atoms with Gasteiger partial charge in [0.05, 0.1) is 10.0 Å². The largest absolute Gasteiger partial charge is 0.490 e. The molecule has 4 rings (SSSR count). The number of hydrogen-bond acceptors (Lipinski definition) is 5. The molecule has 222 valence electrons. The molecule has 1 aliphatic carbocycles. The van der Waals surface area contributed by atoms with Crippen molar-refractivity contribution in [3.05, 3.63) is 63.9 Å². The smallest absolute Gasteiger partial charge is 0.475 e. The van der Waals surface area contributed by atoms with Gasteiger partial charge in [-0.25, -0.2) is 4.79 Å². The van der Waals surface area contributed by atoms with E-state index in [0.29, 0.717) is 23.6 Å². The zero-order valence-corrected chi connectivity index (χ0v) is 23.3. The highest BCUT2D eigenvalue weighted by Gasteiger charge is 2.39. The molecule has 1 saturated carbocycles. The van der Waals surface area contributed by atoms with Crippen LogP contribution in [-0.4, -0.2) is 69.5 Å². The Hall–Kier alpha value is -3.38. The number of rotatable bonds is 7. The number of carboxylic acid groups (broad SMARTS) is 1. The Morgan fingerprint density at radius 3 is 2.32 bits per heavy atom. The molecule has 1 aromatic carbocycles. The lowest BCUT2D eigenvalue weighted by molar-refractivity contribution is -0.192. The number of alkyl halides is 3. The van der Waals surface area contributed by atoms with Gasteiger partial charge in [0, 0.05) is 37.0 Å². The van der Waals surface area contributed by atoms with Crippen LogP contribution < -0.4 is 10.6 Å². The highest BCUT2D eigenvalue weighted by molar-refractivity contribution is 6.42. The summed E-state index contributed by atoms with van der Waals surface area (Å²) in [7, 11) is 0. The summed E-state index contributed by atoms with van der Waals surface area (Å²) in [5, 5.41) is 13.7. The second-order valence-corrected chi connectivity index (χ2v) is 10.5. The van der Waals surface area contributed by atoms with Crippen LogP contribution in [0.25, 0.3) is 0 Å². The van der Waals surface area contributed by atoms with Crippen molar-refractivity contribution in [3.63, 3.8) is 0 Å². The van der Waals surface area contributed by atoms with E-state index in [1.165, 1.54) is 6.07 Å². The molecule has 9 nitrogen and oxygen atoms in total. The number of halogens is 5. The molecule has 0 unspecified atom stereocenters. The van der Waals surface area contributed by atoms with Gasteiger partial charge in [0.2, 0.25) is 11.8 Å². The van der Waals surface area contributed by atoms with Crippen molar-refractivity contribution < 1.29 is 37.5 Å². The van der Waals surface area contributed by atoms with E-state index in [2.05, 4.69) is 15.6 Å². The highest BCUT2D eigenvalue weighted by Crippen LogP contribution is 2.24. The number of amides is 3. The van der Waals surface area contributed by atoms with E-state index in [0.717, 1.165) is 37.7 Å². The number of carbonyl (C=O) groups is 4. The zero-order chi connectivity index (χ0) is 30.2. The van der Waals surface area contributed by atoms with Gasteiger partial charge in [-0.2, -0.15) is 13.2 Å². The number of likely N-dealkylation sites (tertiary alicyclic amines) is 1. The SMILES string of the molecule is O=C(N[C@@H](Cc1cccnc1)C(=O)N1CCC[C@H]1C(=O)NC1CCCC1)c1ccc(Cl)c(Cl)c1.O=C(O)C(F)(F)F. The van der Waals surface area contributed by atoms with Crippen LogP contribution in [0.2, 0.25) is 10.0 Å². The molecule has 2 heterocycles. The lowest BCUT2D eigenvalue weighted by Crippen LogP contribution is -2.55. The number of pyridine rings is 1. The molecule has 0 bridgehead atoms. The molecule has 1 aromatic heterocycles. The van der Waals surface area contributed by atoms with Crippen LogP contribution in [0.3, 0.4) is 0 Å². The van der Waals surface area contributed by atoms with Crippen LogP contribution >= 0.6 is 23.2 Å². The van der Waals surface area contributed by atoms with Gasteiger partial charge in [0.25, 0.3) is 5.91 Å². The minimum absolute atomic E-state index is 0.103. The van der Waals surface area contributed by atoms with Crippen LogP contribution in [0.4, 0.5) is 13.2 Å². The number of carbonyl (C=O) groups excluding carboxylic acids is 3.